The molecule has 3 rings (SSSR count). The van der Waals surface area contributed by atoms with E-state index in [4.69, 9.17) is 4.74 Å². The van der Waals surface area contributed by atoms with E-state index in [0.717, 1.165) is 44.5 Å². The fraction of sp³-hybridized carbons (Fsp3) is 0.632. The van der Waals surface area contributed by atoms with Crippen molar-refractivity contribution in [2.45, 2.75) is 64.4 Å². The van der Waals surface area contributed by atoms with E-state index in [0.29, 0.717) is 0 Å². The molecule has 0 unspecified atom stereocenters. The maximum Gasteiger partial charge on any atom is 0.263 e. The number of hydrogen-bond acceptors (Lipinski definition) is 2. The predicted octanol–water partition coefficient (Wildman–Crippen LogP) is 3.74. The molecule has 0 N–H and O–H groups in total. The Bertz CT molecular complexity index is 520. The zero-order valence-corrected chi connectivity index (χ0v) is 13.6. The minimum absolute atomic E-state index is 0.167. The fourth-order valence-corrected chi connectivity index (χ4v) is 3.57. The van der Waals surface area contributed by atoms with Crippen molar-refractivity contribution in [3.63, 3.8) is 0 Å². The molecule has 0 bridgehead atoms. The van der Waals surface area contributed by atoms with Gasteiger partial charge in [-0.3, -0.25) is 4.79 Å². The SMILES string of the molecule is CC[C@H](Oc1ccc2c(c1)CCCC2)C(=O)N1CCCCC1. The van der Waals surface area contributed by atoms with E-state index < -0.39 is 0 Å². The summed E-state index contributed by atoms with van der Waals surface area (Å²) in [5, 5.41) is 0. The highest BCUT2D eigenvalue weighted by molar-refractivity contribution is 5.81. The van der Waals surface area contributed by atoms with Crippen LogP contribution in [0.5, 0.6) is 5.75 Å². The van der Waals surface area contributed by atoms with Gasteiger partial charge in [0.25, 0.3) is 5.91 Å². The molecule has 1 aromatic rings. The standard InChI is InChI=1S/C19H27NO2/c1-2-18(19(21)20-12-6-3-7-13-20)22-17-11-10-15-8-4-5-9-16(15)14-17/h10-11,14,18H,2-9,12-13H2,1H3/t18-/m0/s1. The summed E-state index contributed by atoms with van der Waals surface area (Å²) in [6, 6.07) is 6.37. The number of benzene rings is 1. The Morgan fingerprint density at radius 1 is 1.09 bits per heavy atom. The van der Waals surface area contributed by atoms with E-state index in [2.05, 4.69) is 12.1 Å². The molecule has 0 radical (unpaired) electrons. The summed E-state index contributed by atoms with van der Waals surface area (Å²) >= 11 is 0. The molecule has 1 atom stereocenters. The number of carbonyl (C=O) groups excluding carboxylic acids is 1. The molecule has 1 heterocycles. The van der Waals surface area contributed by atoms with Crippen molar-refractivity contribution >= 4 is 5.91 Å². The van der Waals surface area contributed by atoms with Gasteiger partial charge in [-0.05, 0) is 74.6 Å². The lowest BCUT2D eigenvalue weighted by Gasteiger charge is -2.30. The highest BCUT2D eigenvalue weighted by atomic mass is 16.5. The number of likely N-dealkylation sites (tertiary alicyclic amines) is 1. The summed E-state index contributed by atoms with van der Waals surface area (Å²) < 4.78 is 6.05. The molecule has 22 heavy (non-hydrogen) atoms. The summed E-state index contributed by atoms with van der Waals surface area (Å²) in [7, 11) is 0. The molecule has 0 spiro atoms. The van der Waals surface area contributed by atoms with Gasteiger partial charge < -0.3 is 9.64 Å². The quantitative estimate of drug-likeness (QED) is 0.848. The van der Waals surface area contributed by atoms with Gasteiger partial charge in [0.05, 0.1) is 0 Å². The molecule has 1 aromatic carbocycles. The van der Waals surface area contributed by atoms with Crippen LogP contribution in [0.4, 0.5) is 0 Å². The van der Waals surface area contributed by atoms with Crippen LogP contribution < -0.4 is 4.74 Å². The van der Waals surface area contributed by atoms with Crippen molar-refractivity contribution in [3.05, 3.63) is 29.3 Å². The number of nitrogens with zero attached hydrogens (tertiary/aromatic N) is 1. The molecule has 3 heteroatoms. The molecule has 1 aliphatic carbocycles. The first kappa shape index (κ1) is 15.4. The van der Waals surface area contributed by atoms with Crippen molar-refractivity contribution in [1.29, 1.82) is 0 Å². The molecule has 0 aromatic heterocycles. The molecule has 1 fully saturated rings. The van der Waals surface area contributed by atoms with E-state index in [1.165, 1.54) is 36.8 Å². The van der Waals surface area contributed by atoms with Crippen LogP contribution in [0.2, 0.25) is 0 Å². The number of hydrogen-bond donors (Lipinski definition) is 0. The number of fused-ring (bicyclic) bond motifs is 1. The van der Waals surface area contributed by atoms with Crippen LogP contribution in [-0.2, 0) is 17.6 Å². The fourth-order valence-electron chi connectivity index (χ4n) is 3.57. The Kier molecular flexibility index (Phi) is 5.01. The van der Waals surface area contributed by atoms with Gasteiger partial charge in [0.2, 0.25) is 0 Å². The highest BCUT2D eigenvalue weighted by Crippen LogP contribution is 2.26. The van der Waals surface area contributed by atoms with Crippen molar-refractivity contribution in [2.24, 2.45) is 0 Å². The second kappa shape index (κ2) is 7.17. The first-order valence-corrected chi connectivity index (χ1v) is 8.85. The zero-order valence-electron chi connectivity index (χ0n) is 13.6. The van der Waals surface area contributed by atoms with Gasteiger partial charge in [0.15, 0.2) is 6.10 Å². The lowest BCUT2D eigenvalue weighted by atomic mass is 9.92. The molecular weight excluding hydrogens is 274 g/mol. The minimum atomic E-state index is -0.334. The predicted molar refractivity (Wildman–Crippen MR) is 88.2 cm³/mol. The monoisotopic (exact) mass is 301 g/mol. The Labute approximate surface area is 133 Å². The van der Waals surface area contributed by atoms with Gasteiger partial charge in [-0.2, -0.15) is 0 Å². The van der Waals surface area contributed by atoms with Crippen LogP contribution in [0.25, 0.3) is 0 Å². The third kappa shape index (κ3) is 3.45. The molecule has 3 nitrogen and oxygen atoms in total. The largest absolute Gasteiger partial charge is 0.481 e. The van der Waals surface area contributed by atoms with Crippen LogP contribution >= 0.6 is 0 Å². The number of ether oxygens (including phenoxy) is 1. The van der Waals surface area contributed by atoms with Gasteiger partial charge in [0.1, 0.15) is 5.75 Å². The molecule has 2 aliphatic rings. The average molecular weight is 301 g/mol. The first-order chi connectivity index (χ1) is 10.8. The van der Waals surface area contributed by atoms with Gasteiger partial charge in [-0.15, -0.1) is 0 Å². The normalized spacial score (nSPS) is 19.4. The maximum atomic E-state index is 12.6. The van der Waals surface area contributed by atoms with E-state index in [-0.39, 0.29) is 12.0 Å². The van der Waals surface area contributed by atoms with Gasteiger partial charge in [-0.1, -0.05) is 13.0 Å². The first-order valence-electron chi connectivity index (χ1n) is 8.85. The zero-order chi connectivity index (χ0) is 15.4. The van der Waals surface area contributed by atoms with Crippen molar-refractivity contribution in [1.82, 2.24) is 4.90 Å². The van der Waals surface area contributed by atoms with E-state index >= 15 is 0 Å². The topological polar surface area (TPSA) is 29.5 Å². The van der Waals surface area contributed by atoms with Crippen molar-refractivity contribution in [2.75, 3.05) is 13.1 Å². The van der Waals surface area contributed by atoms with Gasteiger partial charge in [-0.25, -0.2) is 0 Å². The highest BCUT2D eigenvalue weighted by Gasteiger charge is 2.26. The average Bonchev–Trinajstić information content (AvgIpc) is 2.59. The minimum Gasteiger partial charge on any atom is -0.481 e. The number of amides is 1. The van der Waals surface area contributed by atoms with Gasteiger partial charge in [0, 0.05) is 13.1 Å². The molecule has 1 saturated heterocycles. The summed E-state index contributed by atoms with van der Waals surface area (Å²) in [5.74, 6) is 1.03. The molecular formula is C19H27NO2. The molecule has 0 saturated carbocycles. The molecule has 120 valence electrons. The third-order valence-electron chi connectivity index (χ3n) is 4.91. The van der Waals surface area contributed by atoms with E-state index in [1.807, 2.05) is 17.9 Å². The number of piperidine rings is 1. The van der Waals surface area contributed by atoms with Crippen LogP contribution in [-0.4, -0.2) is 30.0 Å². The third-order valence-corrected chi connectivity index (χ3v) is 4.91. The van der Waals surface area contributed by atoms with E-state index in [9.17, 15) is 4.79 Å². The van der Waals surface area contributed by atoms with E-state index in [1.54, 1.807) is 0 Å². The second-order valence-corrected chi connectivity index (χ2v) is 6.54. The summed E-state index contributed by atoms with van der Waals surface area (Å²) in [5.41, 5.74) is 2.86. The van der Waals surface area contributed by atoms with Crippen LogP contribution in [0.15, 0.2) is 18.2 Å². The Morgan fingerprint density at radius 3 is 2.55 bits per heavy atom. The number of rotatable bonds is 4. The summed E-state index contributed by atoms with van der Waals surface area (Å²) in [6.45, 7) is 3.82. The Morgan fingerprint density at radius 2 is 1.82 bits per heavy atom. The molecule has 1 aliphatic heterocycles. The van der Waals surface area contributed by atoms with Crippen molar-refractivity contribution in [3.8, 4) is 5.75 Å². The smallest absolute Gasteiger partial charge is 0.263 e. The lowest BCUT2D eigenvalue weighted by molar-refractivity contribution is -0.139. The van der Waals surface area contributed by atoms with Crippen LogP contribution in [0.3, 0.4) is 0 Å². The summed E-state index contributed by atoms with van der Waals surface area (Å²) in [6.07, 6.45) is 8.77. The molecule has 1 amide bonds. The summed E-state index contributed by atoms with van der Waals surface area (Å²) in [4.78, 5) is 14.6. The second-order valence-electron chi connectivity index (χ2n) is 6.54. The van der Waals surface area contributed by atoms with Crippen molar-refractivity contribution < 1.29 is 9.53 Å². The van der Waals surface area contributed by atoms with Gasteiger partial charge >= 0.3 is 0 Å². The Balaban J connectivity index is 1.68. The number of aryl methyl sites for hydroxylation is 2. The maximum absolute atomic E-state index is 12.6. The lowest BCUT2D eigenvalue weighted by Crippen LogP contribution is -2.44. The number of carbonyl (C=O) groups is 1. The van der Waals surface area contributed by atoms with Crippen LogP contribution in [0, 0.1) is 0 Å². The van der Waals surface area contributed by atoms with Crippen LogP contribution in [0.1, 0.15) is 56.6 Å². The Hall–Kier alpha value is -1.51.